The van der Waals surface area contributed by atoms with Crippen LogP contribution < -0.4 is 20.1 Å². The summed E-state index contributed by atoms with van der Waals surface area (Å²) >= 11 is 0. The molecule has 1 aliphatic rings. The Hall–Kier alpha value is -2.76. The highest BCUT2D eigenvalue weighted by molar-refractivity contribution is 5.79. The van der Waals surface area contributed by atoms with Crippen molar-refractivity contribution in [2.75, 3.05) is 26.2 Å². The molecule has 1 aromatic carbocycles. The topological polar surface area (TPSA) is 67.8 Å². The quantitative estimate of drug-likeness (QED) is 0.622. The standard InChI is InChI=1S/C19H24N4O2/c1-2-21-19(22-11-9-15-6-5-10-20-12-15)23-13-16-14-24-17-7-3-4-8-18(17)25-16/h3-8,10,12,16H,2,9,11,13-14H2,1H3,(H2,21,22,23). The number of aromatic nitrogens is 1. The third kappa shape index (κ3) is 5.11. The van der Waals surface area contributed by atoms with Gasteiger partial charge in [-0.1, -0.05) is 18.2 Å². The van der Waals surface area contributed by atoms with E-state index in [9.17, 15) is 0 Å². The zero-order valence-corrected chi connectivity index (χ0v) is 14.4. The summed E-state index contributed by atoms with van der Waals surface area (Å²) in [4.78, 5) is 8.75. The van der Waals surface area contributed by atoms with Crippen LogP contribution in [-0.2, 0) is 6.42 Å². The Morgan fingerprint density at radius 1 is 1.20 bits per heavy atom. The van der Waals surface area contributed by atoms with Crippen LogP contribution in [-0.4, -0.2) is 43.3 Å². The zero-order valence-electron chi connectivity index (χ0n) is 14.4. The molecule has 1 atom stereocenters. The van der Waals surface area contributed by atoms with E-state index in [1.807, 2.05) is 36.5 Å². The van der Waals surface area contributed by atoms with Gasteiger partial charge in [-0.3, -0.25) is 4.98 Å². The molecule has 0 bridgehead atoms. The van der Waals surface area contributed by atoms with Gasteiger partial charge in [0, 0.05) is 25.5 Å². The molecule has 0 spiro atoms. The third-order valence-electron chi connectivity index (χ3n) is 3.79. The molecule has 0 amide bonds. The molecule has 0 aliphatic carbocycles. The highest BCUT2D eigenvalue weighted by atomic mass is 16.6. The fourth-order valence-electron chi connectivity index (χ4n) is 2.56. The summed E-state index contributed by atoms with van der Waals surface area (Å²) in [6, 6.07) is 11.7. The minimum Gasteiger partial charge on any atom is -0.486 e. The first-order valence-electron chi connectivity index (χ1n) is 8.64. The van der Waals surface area contributed by atoms with Gasteiger partial charge in [-0.25, -0.2) is 4.99 Å². The van der Waals surface area contributed by atoms with E-state index >= 15 is 0 Å². The summed E-state index contributed by atoms with van der Waals surface area (Å²) in [5.41, 5.74) is 1.20. The molecule has 0 fully saturated rings. The highest BCUT2D eigenvalue weighted by Gasteiger charge is 2.20. The number of hydrogen-bond acceptors (Lipinski definition) is 4. The van der Waals surface area contributed by atoms with Crippen LogP contribution in [0.3, 0.4) is 0 Å². The highest BCUT2D eigenvalue weighted by Crippen LogP contribution is 2.30. The Balaban J connectivity index is 1.50. The van der Waals surface area contributed by atoms with Crippen molar-refractivity contribution in [3.63, 3.8) is 0 Å². The summed E-state index contributed by atoms with van der Waals surface area (Å²) < 4.78 is 11.7. The monoisotopic (exact) mass is 340 g/mol. The lowest BCUT2D eigenvalue weighted by Gasteiger charge is -2.25. The van der Waals surface area contributed by atoms with Crippen molar-refractivity contribution in [3.05, 3.63) is 54.4 Å². The Morgan fingerprint density at radius 3 is 2.88 bits per heavy atom. The average molecular weight is 340 g/mol. The van der Waals surface area contributed by atoms with Gasteiger partial charge in [0.1, 0.15) is 6.61 Å². The van der Waals surface area contributed by atoms with Crippen LogP contribution in [0, 0.1) is 0 Å². The van der Waals surface area contributed by atoms with Crippen molar-refractivity contribution >= 4 is 5.96 Å². The molecule has 2 aromatic rings. The second kappa shape index (κ2) is 8.92. The molecule has 1 unspecified atom stereocenters. The van der Waals surface area contributed by atoms with Crippen molar-refractivity contribution in [1.29, 1.82) is 0 Å². The van der Waals surface area contributed by atoms with Gasteiger partial charge in [0.2, 0.25) is 0 Å². The van der Waals surface area contributed by atoms with E-state index in [4.69, 9.17) is 9.47 Å². The molecule has 0 saturated carbocycles. The first-order chi connectivity index (χ1) is 12.3. The average Bonchev–Trinajstić information content (AvgIpc) is 2.67. The van der Waals surface area contributed by atoms with Crippen molar-refractivity contribution in [3.8, 4) is 11.5 Å². The number of guanidine groups is 1. The molecule has 0 radical (unpaired) electrons. The van der Waals surface area contributed by atoms with Gasteiger partial charge >= 0.3 is 0 Å². The summed E-state index contributed by atoms with van der Waals surface area (Å²) in [6.07, 6.45) is 4.49. The zero-order chi connectivity index (χ0) is 17.3. The van der Waals surface area contributed by atoms with Gasteiger partial charge in [0.25, 0.3) is 0 Å². The van der Waals surface area contributed by atoms with Crippen LogP contribution in [0.15, 0.2) is 53.8 Å². The Labute approximate surface area is 148 Å². The largest absolute Gasteiger partial charge is 0.486 e. The van der Waals surface area contributed by atoms with Gasteiger partial charge in [-0.2, -0.15) is 0 Å². The molecule has 2 N–H and O–H groups in total. The summed E-state index contributed by atoms with van der Waals surface area (Å²) in [5, 5.41) is 6.60. The molecule has 25 heavy (non-hydrogen) atoms. The van der Waals surface area contributed by atoms with Crippen LogP contribution in [0.25, 0.3) is 0 Å². The molecule has 2 heterocycles. The van der Waals surface area contributed by atoms with Gasteiger partial charge in [-0.05, 0) is 37.1 Å². The Morgan fingerprint density at radius 2 is 2.08 bits per heavy atom. The van der Waals surface area contributed by atoms with E-state index in [-0.39, 0.29) is 6.10 Å². The molecule has 1 aliphatic heterocycles. The maximum atomic E-state index is 5.94. The number of rotatable bonds is 6. The molecule has 0 saturated heterocycles. The van der Waals surface area contributed by atoms with Crippen LogP contribution in [0.1, 0.15) is 12.5 Å². The van der Waals surface area contributed by atoms with Crippen LogP contribution in [0.5, 0.6) is 11.5 Å². The molecule has 132 valence electrons. The van der Waals surface area contributed by atoms with Gasteiger partial charge in [0.05, 0.1) is 6.54 Å². The minimum atomic E-state index is -0.0799. The number of benzene rings is 1. The number of fused-ring (bicyclic) bond motifs is 1. The lowest BCUT2D eigenvalue weighted by atomic mass is 10.2. The van der Waals surface area contributed by atoms with Crippen LogP contribution in [0.4, 0.5) is 0 Å². The van der Waals surface area contributed by atoms with Crippen molar-refractivity contribution < 1.29 is 9.47 Å². The number of aliphatic imine (C=N–C) groups is 1. The van der Waals surface area contributed by atoms with Crippen molar-refractivity contribution in [1.82, 2.24) is 15.6 Å². The number of pyridine rings is 1. The van der Waals surface area contributed by atoms with Gasteiger partial charge in [-0.15, -0.1) is 0 Å². The minimum absolute atomic E-state index is 0.0799. The smallest absolute Gasteiger partial charge is 0.191 e. The predicted octanol–water partition coefficient (Wildman–Crippen LogP) is 2.02. The van der Waals surface area contributed by atoms with Crippen LogP contribution >= 0.6 is 0 Å². The summed E-state index contributed by atoms with van der Waals surface area (Å²) in [5.74, 6) is 2.36. The Kier molecular flexibility index (Phi) is 6.09. The SMILES string of the molecule is CCNC(=NCC1COc2ccccc2O1)NCCc1cccnc1. The van der Waals surface area contributed by atoms with Crippen molar-refractivity contribution in [2.24, 2.45) is 4.99 Å². The van der Waals surface area contributed by atoms with Crippen LogP contribution in [0.2, 0.25) is 0 Å². The number of ether oxygens (including phenoxy) is 2. The fraction of sp³-hybridized carbons (Fsp3) is 0.368. The van der Waals surface area contributed by atoms with E-state index in [0.29, 0.717) is 13.2 Å². The maximum absolute atomic E-state index is 5.94. The molecular formula is C19H24N4O2. The molecule has 6 heteroatoms. The number of nitrogens with one attached hydrogen (secondary N) is 2. The normalized spacial score (nSPS) is 16.4. The molecule has 6 nitrogen and oxygen atoms in total. The molecule has 1 aromatic heterocycles. The second-order valence-electron chi connectivity index (χ2n) is 5.76. The van der Waals surface area contributed by atoms with E-state index in [2.05, 4.69) is 33.6 Å². The van der Waals surface area contributed by atoms with Gasteiger partial charge < -0.3 is 20.1 Å². The lowest BCUT2D eigenvalue weighted by molar-refractivity contribution is 0.0971. The van der Waals surface area contributed by atoms with E-state index < -0.39 is 0 Å². The fourth-order valence-corrected chi connectivity index (χ4v) is 2.56. The van der Waals surface area contributed by atoms with Crippen molar-refractivity contribution in [2.45, 2.75) is 19.4 Å². The van der Waals surface area contributed by atoms with Gasteiger partial charge in [0.15, 0.2) is 23.6 Å². The summed E-state index contributed by atoms with van der Waals surface area (Å²) in [7, 11) is 0. The number of hydrogen-bond donors (Lipinski definition) is 2. The number of para-hydroxylation sites is 2. The predicted molar refractivity (Wildman–Crippen MR) is 98.3 cm³/mol. The third-order valence-corrected chi connectivity index (χ3v) is 3.79. The van der Waals surface area contributed by atoms with E-state index in [0.717, 1.165) is 37.0 Å². The van der Waals surface area contributed by atoms with E-state index in [1.165, 1.54) is 5.56 Å². The van der Waals surface area contributed by atoms with E-state index in [1.54, 1.807) is 6.20 Å². The maximum Gasteiger partial charge on any atom is 0.191 e. The lowest BCUT2D eigenvalue weighted by Crippen LogP contribution is -2.40. The second-order valence-corrected chi connectivity index (χ2v) is 5.76. The molecule has 3 rings (SSSR count). The first-order valence-corrected chi connectivity index (χ1v) is 8.64. The molecular weight excluding hydrogens is 316 g/mol. The Bertz CT molecular complexity index is 691. The number of nitrogens with zero attached hydrogens (tertiary/aromatic N) is 2. The first kappa shape index (κ1) is 17.1. The summed E-state index contributed by atoms with van der Waals surface area (Å²) in [6.45, 7) is 4.70.